The van der Waals surface area contributed by atoms with Gasteiger partial charge in [-0.15, -0.1) is 0 Å². The molecule has 0 aliphatic rings. The van der Waals surface area contributed by atoms with E-state index in [-0.39, 0.29) is 18.1 Å². The van der Waals surface area contributed by atoms with Crippen LogP contribution < -0.4 is 25.7 Å². The van der Waals surface area contributed by atoms with Crippen molar-refractivity contribution < 1.29 is 14.3 Å². The number of carbonyl (C=O) groups excluding carboxylic acids is 1. The average Bonchev–Trinajstić information content (AvgIpc) is 3.05. The van der Waals surface area contributed by atoms with Crippen LogP contribution in [0.3, 0.4) is 0 Å². The van der Waals surface area contributed by atoms with Crippen LogP contribution in [0.2, 0.25) is 0 Å². The molecule has 2 aromatic heterocycles. The van der Waals surface area contributed by atoms with Gasteiger partial charge in [-0.3, -0.25) is 15.1 Å². The second kappa shape index (κ2) is 8.46. The van der Waals surface area contributed by atoms with E-state index in [0.29, 0.717) is 28.7 Å². The third kappa shape index (κ3) is 4.72. The molecule has 0 saturated carbocycles. The maximum absolute atomic E-state index is 12.4. The zero-order chi connectivity index (χ0) is 21.0. The Kier molecular flexibility index (Phi) is 5.82. The Morgan fingerprint density at radius 1 is 1.10 bits per heavy atom. The molecular weight excluding hydrogens is 376 g/mol. The predicted octanol–water partition coefficient (Wildman–Crippen LogP) is 1.91. The lowest BCUT2D eigenvalue weighted by Gasteiger charge is -2.11. The molecule has 0 unspecified atom stereocenters. The van der Waals surface area contributed by atoms with Gasteiger partial charge in [0, 0.05) is 24.4 Å². The molecule has 0 bridgehead atoms. The summed E-state index contributed by atoms with van der Waals surface area (Å²) in [4.78, 5) is 31.0. The predicted molar refractivity (Wildman–Crippen MR) is 107 cm³/mol. The summed E-state index contributed by atoms with van der Waals surface area (Å²) in [6.07, 6.45) is 0. The minimum Gasteiger partial charge on any atom is -0.493 e. The summed E-state index contributed by atoms with van der Waals surface area (Å²) in [5.41, 5.74) is 1.74. The third-order valence-electron chi connectivity index (χ3n) is 4.03. The largest absolute Gasteiger partial charge is 0.493 e. The first-order chi connectivity index (χ1) is 13.9. The lowest BCUT2D eigenvalue weighted by Crippen LogP contribution is -2.29. The number of hydrogen-bond acceptors (Lipinski definition) is 6. The smallest absolute Gasteiger partial charge is 0.320 e. The monoisotopic (exact) mass is 398 g/mol. The fraction of sp³-hybridized carbons (Fsp3) is 0.263. The number of nitrogens with one attached hydrogen (secondary N) is 3. The number of ether oxygens (including phenoxy) is 2. The van der Waals surface area contributed by atoms with Gasteiger partial charge in [0.05, 0.1) is 19.9 Å². The zero-order valence-electron chi connectivity index (χ0n) is 16.6. The van der Waals surface area contributed by atoms with Gasteiger partial charge in [-0.1, -0.05) is 6.07 Å². The molecule has 10 heteroatoms. The fourth-order valence-corrected chi connectivity index (χ4v) is 2.75. The minimum atomic E-state index is -0.434. The Morgan fingerprint density at radius 2 is 1.86 bits per heavy atom. The Bertz CT molecular complexity index is 1090. The van der Waals surface area contributed by atoms with Crippen molar-refractivity contribution in [2.45, 2.75) is 20.4 Å². The molecule has 1 aromatic carbocycles. The van der Waals surface area contributed by atoms with Crippen molar-refractivity contribution in [2.24, 2.45) is 0 Å². The van der Waals surface area contributed by atoms with Gasteiger partial charge in [-0.2, -0.15) is 9.78 Å². The molecule has 3 aromatic rings. The molecule has 0 aliphatic carbocycles. The van der Waals surface area contributed by atoms with Crippen LogP contribution in [0.25, 0.3) is 5.95 Å². The number of aromatic nitrogens is 4. The SMILES string of the molecule is COc1ccc(CNC(=O)Nc2cc(C)nn2-c2nc(C)cc(=O)[nH]2)cc1OC. The first kappa shape index (κ1) is 19.9. The molecule has 3 rings (SSSR count). The third-order valence-corrected chi connectivity index (χ3v) is 4.03. The maximum atomic E-state index is 12.4. The molecule has 29 heavy (non-hydrogen) atoms. The normalized spacial score (nSPS) is 10.5. The summed E-state index contributed by atoms with van der Waals surface area (Å²) in [5.74, 6) is 1.79. The molecule has 2 amide bonds. The second-order valence-corrected chi connectivity index (χ2v) is 6.29. The number of amides is 2. The van der Waals surface area contributed by atoms with Crippen LogP contribution in [0.5, 0.6) is 11.5 Å². The summed E-state index contributed by atoms with van der Waals surface area (Å²) in [6, 6.07) is 8.01. The summed E-state index contributed by atoms with van der Waals surface area (Å²) in [6.45, 7) is 3.76. The van der Waals surface area contributed by atoms with Crippen LogP contribution in [0.1, 0.15) is 17.0 Å². The molecule has 152 valence electrons. The highest BCUT2D eigenvalue weighted by molar-refractivity contribution is 5.88. The number of urea groups is 1. The van der Waals surface area contributed by atoms with Crippen molar-refractivity contribution in [3.8, 4) is 17.4 Å². The summed E-state index contributed by atoms with van der Waals surface area (Å²) >= 11 is 0. The van der Waals surface area contributed by atoms with Crippen LogP contribution in [-0.2, 0) is 6.54 Å². The number of methoxy groups -OCH3 is 2. The topological polar surface area (TPSA) is 123 Å². The Balaban J connectivity index is 1.72. The van der Waals surface area contributed by atoms with E-state index < -0.39 is 6.03 Å². The second-order valence-electron chi connectivity index (χ2n) is 6.29. The van der Waals surface area contributed by atoms with Crippen molar-refractivity contribution in [3.05, 3.63) is 57.6 Å². The number of hydrogen-bond donors (Lipinski definition) is 3. The average molecular weight is 398 g/mol. The van der Waals surface area contributed by atoms with Crippen molar-refractivity contribution in [1.82, 2.24) is 25.1 Å². The minimum absolute atomic E-state index is 0.221. The van der Waals surface area contributed by atoms with E-state index in [4.69, 9.17) is 9.47 Å². The van der Waals surface area contributed by atoms with E-state index in [9.17, 15) is 9.59 Å². The molecule has 0 atom stereocenters. The van der Waals surface area contributed by atoms with Crippen LogP contribution in [0, 0.1) is 13.8 Å². The highest BCUT2D eigenvalue weighted by Crippen LogP contribution is 2.27. The van der Waals surface area contributed by atoms with Crippen molar-refractivity contribution in [3.63, 3.8) is 0 Å². The number of rotatable bonds is 6. The molecule has 10 nitrogen and oxygen atoms in total. The van der Waals surface area contributed by atoms with Crippen LogP contribution in [0.4, 0.5) is 10.6 Å². The Labute approximate surface area is 166 Å². The van der Waals surface area contributed by atoms with Gasteiger partial charge < -0.3 is 14.8 Å². The van der Waals surface area contributed by atoms with E-state index in [2.05, 4.69) is 25.7 Å². The van der Waals surface area contributed by atoms with Crippen LogP contribution >= 0.6 is 0 Å². The number of benzene rings is 1. The van der Waals surface area contributed by atoms with E-state index in [0.717, 1.165) is 5.56 Å². The van der Waals surface area contributed by atoms with E-state index in [1.54, 1.807) is 46.3 Å². The Hall–Kier alpha value is -3.82. The van der Waals surface area contributed by atoms with Gasteiger partial charge in [-0.05, 0) is 31.5 Å². The first-order valence-electron chi connectivity index (χ1n) is 8.80. The standard InChI is InChI=1S/C19H22N6O4/c1-11-8-17(26)23-18(21-11)25-16(7-12(2)24-25)22-19(27)20-10-13-5-6-14(28-3)15(9-13)29-4/h5-9H,10H2,1-4H3,(H2,20,22,27)(H,21,23,26). The lowest BCUT2D eigenvalue weighted by molar-refractivity contribution is 0.251. The number of aryl methyl sites for hydroxylation is 2. The first-order valence-corrected chi connectivity index (χ1v) is 8.80. The molecule has 0 saturated heterocycles. The number of H-pyrrole nitrogens is 1. The van der Waals surface area contributed by atoms with Gasteiger partial charge >= 0.3 is 6.03 Å². The summed E-state index contributed by atoms with van der Waals surface area (Å²) in [7, 11) is 3.11. The van der Waals surface area contributed by atoms with Gasteiger partial charge in [0.15, 0.2) is 11.5 Å². The van der Waals surface area contributed by atoms with Crippen LogP contribution in [0.15, 0.2) is 35.1 Å². The number of aromatic amines is 1. The summed E-state index contributed by atoms with van der Waals surface area (Å²) in [5, 5.41) is 9.78. The summed E-state index contributed by atoms with van der Waals surface area (Å²) < 4.78 is 11.8. The van der Waals surface area contributed by atoms with E-state index in [1.165, 1.54) is 10.7 Å². The van der Waals surface area contributed by atoms with Gasteiger partial charge in [0.1, 0.15) is 5.82 Å². The Morgan fingerprint density at radius 3 is 2.55 bits per heavy atom. The van der Waals surface area contributed by atoms with Gasteiger partial charge in [0.25, 0.3) is 5.56 Å². The number of anilines is 1. The van der Waals surface area contributed by atoms with Crippen molar-refractivity contribution >= 4 is 11.8 Å². The number of nitrogens with zero attached hydrogens (tertiary/aromatic N) is 3. The zero-order valence-corrected chi connectivity index (χ0v) is 16.6. The number of carbonyl (C=O) groups is 1. The molecule has 2 heterocycles. The maximum Gasteiger partial charge on any atom is 0.320 e. The lowest BCUT2D eigenvalue weighted by atomic mass is 10.2. The molecule has 3 N–H and O–H groups in total. The fourth-order valence-electron chi connectivity index (χ4n) is 2.75. The highest BCUT2D eigenvalue weighted by atomic mass is 16.5. The van der Waals surface area contributed by atoms with Gasteiger partial charge in [-0.25, -0.2) is 9.78 Å². The molecule has 0 radical (unpaired) electrons. The quantitative estimate of drug-likeness (QED) is 0.583. The molecule has 0 fully saturated rings. The van der Waals surface area contributed by atoms with Gasteiger partial charge in [0.2, 0.25) is 5.95 Å². The van der Waals surface area contributed by atoms with E-state index in [1.807, 2.05) is 6.07 Å². The molecule has 0 spiro atoms. The van der Waals surface area contributed by atoms with Crippen molar-refractivity contribution in [1.29, 1.82) is 0 Å². The van der Waals surface area contributed by atoms with Crippen molar-refractivity contribution in [2.75, 3.05) is 19.5 Å². The molecular formula is C19H22N6O4. The molecule has 0 aliphatic heterocycles. The van der Waals surface area contributed by atoms with Crippen LogP contribution in [-0.4, -0.2) is 40.0 Å². The van der Waals surface area contributed by atoms with E-state index >= 15 is 0 Å². The highest BCUT2D eigenvalue weighted by Gasteiger charge is 2.13.